The average Bonchev–Trinajstić information content (AvgIpc) is 2.14. The molecule has 1 nitrogen and oxygen atoms in total. The number of hydrogen-bond acceptors (Lipinski definition) is 4. The van der Waals surface area contributed by atoms with E-state index >= 15 is 0 Å². The van der Waals surface area contributed by atoms with Gasteiger partial charge in [0.1, 0.15) is 3.53 Å². The average molecular weight is 166 g/mol. The highest BCUT2D eigenvalue weighted by molar-refractivity contribution is 8.49. The monoisotopic (exact) mass is 166 g/mol. The fourth-order valence-electron chi connectivity index (χ4n) is 0.455. The molecule has 4 heteroatoms. The van der Waals surface area contributed by atoms with E-state index in [0.717, 1.165) is 9.28 Å². The summed E-state index contributed by atoms with van der Waals surface area (Å²) in [5, 5.41) is 8.96. The van der Waals surface area contributed by atoms with E-state index in [1.165, 1.54) is 0 Å². The second-order valence-corrected chi connectivity index (χ2v) is 5.01. The van der Waals surface area contributed by atoms with Crippen LogP contribution in [0.1, 0.15) is 0 Å². The second kappa shape index (κ2) is 3.06. The van der Waals surface area contributed by atoms with Crippen molar-refractivity contribution in [3.63, 3.8) is 0 Å². The van der Waals surface area contributed by atoms with Crippen molar-refractivity contribution in [3.05, 3.63) is 0 Å². The lowest BCUT2D eigenvalue weighted by atomic mass is 10.5. The van der Waals surface area contributed by atoms with Gasteiger partial charge in [0, 0.05) is 11.0 Å². The van der Waals surface area contributed by atoms with Crippen LogP contribution in [0.4, 0.5) is 0 Å². The van der Waals surface area contributed by atoms with Gasteiger partial charge in [0.15, 0.2) is 0 Å². The van der Waals surface area contributed by atoms with Crippen LogP contribution in [0.25, 0.3) is 0 Å². The van der Waals surface area contributed by atoms with Crippen molar-refractivity contribution in [2.45, 2.75) is 5.25 Å². The Labute approximate surface area is 62.2 Å². The maximum atomic E-state index is 8.59. The third-order valence-corrected chi connectivity index (χ3v) is 4.00. The molecule has 0 unspecified atom stereocenters. The smallest absolute Gasteiger partial charge is 0.104 e. The Morgan fingerprint density at radius 3 is 2.88 bits per heavy atom. The first-order valence-corrected chi connectivity index (χ1v) is 4.54. The first-order chi connectivity index (χ1) is 3.83. The molecule has 0 amide bonds. The van der Waals surface area contributed by atoms with E-state index in [0.29, 0.717) is 5.25 Å². The topological polar surface area (TPSA) is 20.2 Å². The third kappa shape index (κ3) is 1.62. The Kier molecular flexibility index (Phi) is 2.62. The summed E-state index contributed by atoms with van der Waals surface area (Å²) in [6, 6.07) is 0. The minimum Gasteiger partial charge on any atom is -0.395 e. The van der Waals surface area contributed by atoms with Gasteiger partial charge in [-0.25, -0.2) is 0 Å². The summed E-state index contributed by atoms with van der Waals surface area (Å²) in [7, 11) is 0. The van der Waals surface area contributed by atoms with Crippen LogP contribution in [-0.2, 0) is 0 Å². The Morgan fingerprint density at radius 2 is 2.62 bits per heavy atom. The number of thiocarbonyl (C=S) groups is 1. The molecule has 8 heavy (non-hydrogen) atoms. The lowest BCUT2D eigenvalue weighted by Gasteiger charge is -1.96. The highest BCUT2D eigenvalue weighted by Gasteiger charge is 2.19. The van der Waals surface area contributed by atoms with Crippen molar-refractivity contribution >= 4 is 39.3 Å². The van der Waals surface area contributed by atoms with Gasteiger partial charge in [-0.15, -0.1) is 23.5 Å². The minimum absolute atomic E-state index is 0.262. The van der Waals surface area contributed by atoms with E-state index in [-0.39, 0.29) is 6.61 Å². The van der Waals surface area contributed by atoms with Crippen molar-refractivity contribution in [1.29, 1.82) is 0 Å². The summed E-state index contributed by atoms with van der Waals surface area (Å²) in [6.07, 6.45) is 0. The first kappa shape index (κ1) is 6.86. The number of rotatable bonds is 1. The molecule has 0 saturated carbocycles. The molecule has 0 radical (unpaired) electrons. The zero-order valence-electron chi connectivity index (χ0n) is 4.16. The fraction of sp³-hybridized carbons (Fsp3) is 0.750. The van der Waals surface area contributed by atoms with Gasteiger partial charge in [0.05, 0.1) is 6.61 Å². The molecule has 1 fully saturated rings. The summed E-state index contributed by atoms with van der Waals surface area (Å²) in [6.45, 7) is 0.262. The standard InChI is InChI=1S/C4H6OS3/c5-1-3-2-7-4(6)8-3/h3,5H,1-2H2/t3-/m1/s1. The summed E-state index contributed by atoms with van der Waals surface area (Å²) in [4.78, 5) is 0. The molecular formula is C4H6OS3. The first-order valence-electron chi connectivity index (χ1n) is 2.27. The van der Waals surface area contributed by atoms with Gasteiger partial charge < -0.3 is 5.11 Å². The van der Waals surface area contributed by atoms with Crippen LogP contribution in [0.5, 0.6) is 0 Å². The van der Waals surface area contributed by atoms with Gasteiger partial charge >= 0.3 is 0 Å². The van der Waals surface area contributed by atoms with Crippen LogP contribution in [0.2, 0.25) is 0 Å². The zero-order valence-corrected chi connectivity index (χ0v) is 6.61. The molecular weight excluding hydrogens is 160 g/mol. The Hall–Kier alpha value is 0.750. The molecule has 0 spiro atoms. The number of aliphatic hydroxyl groups is 1. The van der Waals surface area contributed by atoms with Crippen LogP contribution in [0.3, 0.4) is 0 Å². The summed E-state index contributed by atoms with van der Waals surface area (Å²) in [5.41, 5.74) is 0. The predicted octanol–water partition coefficient (Wildman–Crippen LogP) is 1.11. The molecule has 0 aliphatic carbocycles. The molecule has 1 saturated heterocycles. The van der Waals surface area contributed by atoms with Crippen molar-refractivity contribution in [2.75, 3.05) is 12.4 Å². The predicted molar refractivity (Wildman–Crippen MR) is 43.5 cm³/mol. The van der Waals surface area contributed by atoms with E-state index in [9.17, 15) is 0 Å². The molecule has 46 valence electrons. The summed E-state index contributed by atoms with van der Waals surface area (Å²) >= 11 is 8.15. The molecule has 0 aromatic heterocycles. The fourth-order valence-corrected chi connectivity index (χ4v) is 3.20. The van der Waals surface area contributed by atoms with Gasteiger partial charge in [0.2, 0.25) is 0 Å². The van der Waals surface area contributed by atoms with Crippen molar-refractivity contribution in [2.24, 2.45) is 0 Å². The zero-order chi connectivity index (χ0) is 5.98. The second-order valence-electron chi connectivity index (χ2n) is 1.48. The molecule has 0 aromatic carbocycles. The maximum Gasteiger partial charge on any atom is 0.104 e. The normalized spacial score (nSPS) is 29.1. The van der Waals surface area contributed by atoms with Crippen LogP contribution >= 0.6 is 35.7 Å². The lowest BCUT2D eigenvalue weighted by molar-refractivity contribution is 0.302. The maximum absolute atomic E-state index is 8.59. The van der Waals surface area contributed by atoms with E-state index in [4.69, 9.17) is 17.3 Å². The quantitative estimate of drug-likeness (QED) is 0.589. The number of aliphatic hydroxyl groups excluding tert-OH is 1. The van der Waals surface area contributed by atoms with Crippen molar-refractivity contribution < 1.29 is 5.11 Å². The van der Waals surface area contributed by atoms with E-state index < -0.39 is 0 Å². The Morgan fingerprint density at radius 1 is 1.88 bits per heavy atom. The van der Waals surface area contributed by atoms with Crippen molar-refractivity contribution in [3.8, 4) is 0 Å². The lowest BCUT2D eigenvalue weighted by Crippen LogP contribution is -2.05. The molecule has 1 aliphatic heterocycles. The molecule has 0 bridgehead atoms. The molecule has 1 heterocycles. The van der Waals surface area contributed by atoms with Gasteiger partial charge in [-0.1, -0.05) is 12.2 Å². The molecule has 0 aromatic rings. The van der Waals surface area contributed by atoms with Gasteiger partial charge in [-0.3, -0.25) is 0 Å². The van der Waals surface area contributed by atoms with Gasteiger partial charge in [-0.2, -0.15) is 0 Å². The summed E-state index contributed by atoms with van der Waals surface area (Å²) < 4.78 is 0.976. The van der Waals surface area contributed by atoms with Crippen LogP contribution in [0, 0.1) is 0 Å². The number of hydrogen-bond donors (Lipinski definition) is 1. The molecule has 1 rings (SSSR count). The highest BCUT2D eigenvalue weighted by Crippen LogP contribution is 2.32. The van der Waals surface area contributed by atoms with E-state index in [1.54, 1.807) is 23.5 Å². The van der Waals surface area contributed by atoms with Crippen LogP contribution in [-0.4, -0.2) is 26.2 Å². The minimum atomic E-state index is 0.262. The SMILES string of the molecule is OC[C@@H]1CSC(=S)S1. The van der Waals surface area contributed by atoms with E-state index in [2.05, 4.69) is 0 Å². The third-order valence-electron chi connectivity index (χ3n) is 0.854. The van der Waals surface area contributed by atoms with Crippen molar-refractivity contribution in [1.82, 2.24) is 0 Å². The van der Waals surface area contributed by atoms with Gasteiger partial charge in [-0.05, 0) is 0 Å². The Balaban J connectivity index is 2.32. The van der Waals surface area contributed by atoms with Crippen LogP contribution in [0.15, 0.2) is 0 Å². The molecule has 1 aliphatic rings. The highest BCUT2D eigenvalue weighted by atomic mass is 32.2. The largest absolute Gasteiger partial charge is 0.395 e. The molecule has 1 N–H and O–H groups in total. The van der Waals surface area contributed by atoms with Gasteiger partial charge in [0.25, 0.3) is 0 Å². The Bertz CT molecular complexity index is 103. The number of thioether (sulfide) groups is 2. The van der Waals surface area contributed by atoms with Crippen LogP contribution < -0.4 is 0 Å². The van der Waals surface area contributed by atoms with E-state index in [1.807, 2.05) is 0 Å². The molecule has 1 atom stereocenters. The summed E-state index contributed by atoms with van der Waals surface area (Å²) in [5.74, 6) is 0.986.